The largest absolute Gasteiger partial charge is 0.271 e. The van der Waals surface area contributed by atoms with Crippen molar-refractivity contribution >= 4 is 27.7 Å². The molecular weight excluding hydrogens is 296 g/mol. The highest BCUT2D eigenvalue weighted by atomic mass is 79.9. The maximum atomic E-state index is 5.67. The highest BCUT2D eigenvalue weighted by Gasteiger charge is 2.23. The highest BCUT2D eigenvalue weighted by molar-refractivity contribution is 9.10. The third kappa shape index (κ3) is 3.98. The molecule has 0 radical (unpaired) electrons. The summed E-state index contributed by atoms with van der Waals surface area (Å²) >= 11 is 5.34. The van der Waals surface area contributed by atoms with Crippen LogP contribution in [0.15, 0.2) is 33.6 Å². The number of benzene rings is 1. The zero-order valence-electron chi connectivity index (χ0n) is 9.86. The number of nitrogens with two attached hydrogens (primary N) is 1. The van der Waals surface area contributed by atoms with Crippen molar-refractivity contribution in [3.63, 3.8) is 0 Å². The number of rotatable bonds is 5. The minimum absolute atomic E-state index is 0.450. The maximum Gasteiger partial charge on any atom is 0.0332 e. The standard InChI is InChI=1S/C13H19BrN2S/c14-11-5-7-12(8-6-11)17-9-13(16-15)10-3-1-2-4-10/h5-8,10,13,16H,1-4,9,15H2. The predicted octanol–water partition coefficient (Wildman–Crippen LogP) is 3.56. The molecule has 0 heterocycles. The van der Waals surface area contributed by atoms with E-state index in [1.807, 2.05) is 11.8 Å². The summed E-state index contributed by atoms with van der Waals surface area (Å²) < 4.78 is 1.13. The predicted molar refractivity (Wildman–Crippen MR) is 77.9 cm³/mol. The van der Waals surface area contributed by atoms with Gasteiger partial charge in [-0.3, -0.25) is 11.3 Å². The third-order valence-electron chi connectivity index (χ3n) is 3.43. The molecule has 1 fully saturated rings. The number of halogens is 1. The summed E-state index contributed by atoms with van der Waals surface area (Å²) in [6.45, 7) is 0. The van der Waals surface area contributed by atoms with Gasteiger partial charge in [0.05, 0.1) is 0 Å². The molecule has 1 aromatic carbocycles. The Labute approximate surface area is 116 Å². The SMILES string of the molecule is NNC(CSc1ccc(Br)cc1)C1CCCC1. The Morgan fingerprint density at radius 2 is 1.94 bits per heavy atom. The van der Waals surface area contributed by atoms with E-state index in [0.717, 1.165) is 16.1 Å². The molecule has 0 amide bonds. The van der Waals surface area contributed by atoms with Crippen LogP contribution in [-0.4, -0.2) is 11.8 Å². The summed E-state index contributed by atoms with van der Waals surface area (Å²) in [6.07, 6.45) is 5.39. The van der Waals surface area contributed by atoms with Crippen LogP contribution >= 0.6 is 27.7 Å². The van der Waals surface area contributed by atoms with Crippen LogP contribution < -0.4 is 11.3 Å². The Bertz CT molecular complexity index is 336. The van der Waals surface area contributed by atoms with E-state index in [4.69, 9.17) is 5.84 Å². The average Bonchev–Trinajstić information content (AvgIpc) is 2.86. The van der Waals surface area contributed by atoms with Gasteiger partial charge >= 0.3 is 0 Å². The lowest BCUT2D eigenvalue weighted by Crippen LogP contribution is -2.41. The van der Waals surface area contributed by atoms with Gasteiger partial charge in [-0.05, 0) is 43.0 Å². The monoisotopic (exact) mass is 314 g/mol. The van der Waals surface area contributed by atoms with Crippen LogP contribution in [-0.2, 0) is 0 Å². The molecular formula is C13H19BrN2S. The molecule has 2 nitrogen and oxygen atoms in total. The normalized spacial score (nSPS) is 18.5. The van der Waals surface area contributed by atoms with Crippen LogP contribution in [0.25, 0.3) is 0 Å². The van der Waals surface area contributed by atoms with Crippen molar-refractivity contribution in [1.82, 2.24) is 5.43 Å². The molecule has 1 aromatic rings. The van der Waals surface area contributed by atoms with E-state index >= 15 is 0 Å². The van der Waals surface area contributed by atoms with Crippen molar-refractivity contribution in [3.8, 4) is 0 Å². The van der Waals surface area contributed by atoms with Crippen molar-refractivity contribution in [2.45, 2.75) is 36.6 Å². The van der Waals surface area contributed by atoms with E-state index in [2.05, 4.69) is 45.6 Å². The van der Waals surface area contributed by atoms with Crippen molar-refractivity contribution in [2.24, 2.45) is 11.8 Å². The van der Waals surface area contributed by atoms with E-state index in [9.17, 15) is 0 Å². The molecule has 1 atom stereocenters. The second-order valence-electron chi connectivity index (χ2n) is 4.58. The molecule has 4 heteroatoms. The molecule has 0 spiro atoms. The molecule has 2 rings (SSSR count). The molecule has 3 N–H and O–H groups in total. The number of thioether (sulfide) groups is 1. The van der Waals surface area contributed by atoms with Gasteiger partial charge in [0.1, 0.15) is 0 Å². The average molecular weight is 315 g/mol. The van der Waals surface area contributed by atoms with E-state index in [1.165, 1.54) is 30.6 Å². The smallest absolute Gasteiger partial charge is 0.0332 e. The Morgan fingerprint density at radius 1 is 1.29 bits per heavy atom. The van der Waals surface area contributed by atoms with E-state index in [0.29, 0.717) is 6.04 Å². The van der Waals surface area contributed by atoms with Gasteiger partial charge in [-0.2, -0.15) is 0 Å². The summed E-state index contributed by atoms with van der Waals surface area (Å²) in [5, 5.41) is 0. The molecule has 17 heavy (non-hydrogen) atoms. The van der Waals surface area contributed by atoms with Gasteiger partial charge in [0, 0.05) is 21.2 Å². The van der Waals surface area contributed by atoms with Crippen LogP contribution in [0, 0.1) is 5.92 Å². The van der Waals surface area contributed by atoms with Crippen molar-refractivity contribution in [1.29, 1.82) is 0 Å². The fraction of sp³-hybridized carbons (Fsp3) is 0.538. The molecule has 0 saturated heterocycles. The number of hydrogen-bond donors (Lipinski definition) is 2. The van der Waals surface area contributed by atoms with Gasteiger partial charge in [-0.25, -0.2) is 0 Å². The molecule has 0 aliphatic heterocycles. The van der Waals surface area contributed by atoms with E-state index in [-0.39, 0.29) is 0 Å². The van der Waals surface area contributed by atoms with Crippen molar-refractivity contribution in [3.05, 3.63) is 28.7 Å². The first-order valence-corrected chi connectivity index (χ1v) is 7.92. The Balaban J connectivity index is 1.84. The van der Waals surface area contributed by atoms with Crippen LogP contribution in [0.5, 0.6) is 0 Å². The van der Waals surface area contributed by atoms with E-state index < -0.39 is 0 Å². The second kappa shape index (κ2) is 6.78. The lowest BCUT2D eigenvalue weighted by atomic mass is 10.0. The van der Waals surface area contributed by atoms with Gasteiger partial charge in [-0.1, -0.05) is 28.8 Å². The molecule has 94 valence electrons. The van der Waals surface area contributed by atoms with Crippen LogP contribution in [0.4, 0.5) is 0 Å². The Morgan fingerprint density at radius 3 is 2.53 bits per heavy atom. The number of hydrazine groups is 1. The van der Waals surface area contributed by atoms with Crippen molar-refractivity contribution in [2.75, 3.05) is 5.75 Å². The number of hydrogen-bond acceptors (Lipinski definition) is 3. The first-order valence-electron chi connectivity index (χ1n) is 6.14. The minimum Gasteiger partial charge on any atom is -0.271 e. The Kier molecular flexibility index (Phi) is 5.35. The fourth-order valence-corrected chi connectivity index (χ4v) is 3.73. The Hall–Kier alpha value is -0.0300. The highest BCUT2D eigenvalue weighted by Crippen LogP contribution is 2.30. The maximum absolute atomic E-state index is 5.67. The lowest BCUT2D eigenvalue weighted by molar-refractivity contribution is 0.393. The number of nitrogens with one attached hydrogen (secondary N) is 1. The fourth-order valence-electron chi connectivity index (χ4n) is 2.40. The van der Waals surface area contributed by atoms with Gasteiger partial charge < -0.3 is 0 Å². The summed E-state index contributed by atoms with van der Waals surface area (Å²) in [4.78, 5) is 1.31. The zero-order valence-corrected chi connectivity index (χ0v) is 12.3. The molecule has 1 saturated carbocycles. The second-order valence-corrected chi connectivity index (χ2v) is 6.59. The van der Waals surface area contributed by atoms with Gasteiger partial charge in [0.25, 0.3) is 0 Å². The van der Waals surface area contributed by atoms with Gasteiger partial charge in [0.2, 0.25) is 0 Å². The van der Waals surface area contributed by atoms with Crippen LogP contribution in [0.2, 0.25) is 0 Å². The van der Waals surface area contributed by atoms with E-state index in [1.54, 1.807) is 0 Å². The molecule has 1 unspecified atom stereocenters. The van der Waals surface area contributed by atoms with Crippen molar-refractivity contribution < 1.29 is 0 Å². The minimum atomic E-state index is 0.450. The molecule has 0 aromatic heterocycles. The quantitative estimate of drug-likeness (QED) is 0.496. The topological polar surface area (TPSA) is 38.0 Å². The summed E-state index contributed by atoms with van der Waals surface area (Å²) in [5.74, 6) is 7.49. The summed E-state index contributed by atoms with van der Waals surface area (Å²) in [6, 6.07) is 8.92. The first-order chi connectivity index (χ1) is 8.29. The lowest BCUT2D eigenvalue weighted by Gasteiger charge is -2.22. The molecule has 1 aliphatic carbocycles. The molecule has 1 aliphatic rings. The summed E-state index contributed by atoms with van der Waals surface area (Å²) in [7, 11) is 0. The first kappa shape index (κ1) is 13.4. The third-order valence-corrected chi connectivity index (χ3v) is 5.09. The van der Waals surface area contributed by atoms with Crippen LogP contribution in [0.1, 0.15) is 25.7 Å². The molecule has 0 bridgehead atoms. The van der Waals surface area contributed by atoms with Gasteiger partial charge in [0.15, 0.2) is 0 Å². The summed E-state index contributed by atoms with van der Waals surface area (Å²) in [5.41, 5.74) is 3.00. The van der Waals surface area contributed by atoms with Gasteiger partial charge in [-0.15, -0.1) is 11.8 Å². The van der Waals surface area contributed by atoms with Crippen LogP contribution in [0.3, 0.4) is 0 Å². The zero-order chi connectivity index (χ0) is 12.1.